The van der Waals surface area contributed by atoms with Gasteiger partial charge in [0.25, 0.3) is 5.69 Å². The van der Waals surface area contributed by atoms with Crippen LogP contribution in [0.4, 0.5) is 11.4 Å². The summed E-state index contributed by atoms with van der Waals surface area (Å²) in [6.07, 6.45) is 0.644. The molecule has 4 rings (SSSR count). The molecule has 0 aliphatic heterocycles. The molecular formula is C18H12N2O3. The molecule has 0 aromatic heterocycles. The first-order chi connectivity index (χ1) is 11.1. The number of nitrogens with zero attached hydrogens (tertiary/aromatic N) is 1. The molecule has 0 saturated carbocycles. The first kappa shape index (κ1) is 13.5. The van der Waals surface area contributed by atoms with Crippen molar-refractivity contribution in [2.75, 3.05) is 5.73 Å². The van der Waals surface area contributed by atoms with Crippen molar-refractivity contribution < 1.29 is 9.72 Å². The highest BCUT2D eigenvalue weighted by atomic mass is 16.6. The lowest BCUT2D eigenvalue weighted by Crippen LogP contribution is -2.15. The zero-order chi connectivity index (χ0) is 16.1. The zero-order valence-corrected chi connectivity index (χ0v) is 12.1. The van der Waals surface area contributed by atoms with Gasteiger partial charge in [-0.1, -0.05) is 36.4 Å². The van der Waals surface area contributed by atoms with E-state index in [1.807, 2.05) is 30.3 Å². The van der Waals surface area contributed by atoms with E-state index in [9.17, 15) is 14.9 Å². The van der Waals surface area contributed by atoms with Crippen LogP contribution in [0.1, 0.15) is 27.0 Å². The van der Waals surface area contributed by atoms with E-state index in [2.05, 4.69) is 0 Å². The number of carbonyl (C=O) groups excluding carboxylic acids is 1. The minimum atomic E-state index is -0.518. The molecule has 0 fully saturated rings. The fourth-order valence-electron chi connectivity index (χ4n) is 3.23. The second-order valence-electron chi connectivity index (χ2n) is 5.65. The van der Waals surface area contributed by atoms with E-state index < -0.39 is 4.92 Å². The lowest BCUT2D eigenvalue weighted by atomic mass is 9.82. The number of nitrogens with two attached hydrogens (primary N) is 1. The number of nitro benzene ring substituents is 1. The van der Waals surface area contributed by atoms with Gasteiger partial charge < -0.3 is 5.73 Å². The first-order valence-electron chi connectivity index (χ1n) is 7.18. The Morgan fingerprint density at radius 3 is 2.61 bits per heavy atom. The van der Waals surface area contributed by atoms with Gasteiger partial charge in [-0.2, -0.15) is 0 Å². The van der Waals surface area contributed by atoms with Gasteiger partial charge in [0.15, 0.2) is 5.78 Å². The number of hydrogen-bond acceptors (Lipinski definition) is 4. The van der Waals surface area contributed by atoms with Crippen LogP contribution in [0.3, 0.4) is 0 Å². The molecule has 0 saturated heterocycles. The van der Waals surface area contributed by atoms with E-state index in [-0.39, 0.29) is 17.2 Å². The Morgan fingerprint density at radius 1 is 1.04 bits per heavy atom. The summed E-state index contributed by atoms with van der Waals surface area (Å²) in [5.41, 5.74) is 8.76. The second-order valence-corrected chi connectivity index (χ2v) is 5.65. The van der Waals surface area contributed by atoms with Crippen molar-refractivity contribution in [2.24, 2.45) is 0 Å². The van der Waals surface area contributed by atoms with Crippen LogP contribution in [0.15, 0.2) is 48.5 Å². The Balaban J connectivity index is 2.05. The molecule has 112 valence electrons. The summed E-state index contributed by atoms with van der Waals surface area (Å²) in [4.78, 5) is 23.5. The Labute approximate surface area is 131 Å². The van der Waals surface area contributed by atoms with Crippen molar-refractivity contribution in [3.05, 3.63) is 80.9 Å². The third-order valence-electron chi connectivity index (χ3n) is 4.32. The molecule has 3 aromatic carbocycles. The van der Waals surface area contributed by atoms with Gasteiger partial charge in [0.2, 0.25) is 0 Å². The monoisotopic (exact) mass is 304 g/mol. The van der Waals surface area contributed by atoms with E-state index in [0.29, 0.717) is 22.9 Å². The number of hydrogen-bond donors (Lipinski definition) is 1. The quantitative estimate of drug-likeness (QED) is 0.331. The number of benzene rings is 3. The third-order valence-corrected chi connectivity index (χ3v) is 4.32. The minimum absolute atomic E-state index is 0.0912. The van der Waals surface area contributed by atoms with Crippen LogP contribution in [0.5, 0.6) is 0 Å². The van der Waals surface area contributed by atoms with E-state index >= 15 is 0 Å². The number of ketones is 1. The predicted molar refractivity (Wildman–Crippen MR) is 87.7 cm³/mol. The highest BCUT2D eigenvalue weighted by molar-refractivity contribution is 6.19. The van der Waals surface area contributed by atoms with E-state index in [4.69, 9.17) is 5.73 Å². The molecule has 2 N–H and O–H groups in total. The Hall–Kier alpha value is -3.21. The van der Waals surface area contributed by atoms with Gasteiger partial charge >= 0.3 is 0 Å². The summed E-state index contributed by atoms with van der Waals surface area (Å²) in [6.45, 7) is 0. The SMILES string of the molecule is Nc1cc2ccc3c(c2cc1[N+](=O)[O-])C(=O)c1ccccc1C3. The maximum atomic E-state index is 12.9. The molecule has 0 amide bonds. The Morgan fingerprint density at radius 2 is 1.83 bits per heavy atom. The van der Waals surface area contributed by atoms with E-state index in [1.165, 1.54) is 6.07 Å². The molecule has 0 radical (unpaired) electrons. The van der Waals surface area contributed by atoms with Gasteiger partial charge in [0.05, 0.1) is 4.92 Å². The second kappa shape index (κ2) is 4.64. The molecule has 1 aliphatic rings. The standard InChI is InChI=1S/C18H12N2O3/c19-15-8-11-5-6-12-7-10-3-1-2-4-13(10)18(21)17(12)14(11)9-16(15)20(22)23/h1-6,8-9H,7,19H2. The van der Waals surface area contributed by atoms with E-state index in [0.717, 1.165) is 16.5 Å². The van der Waals surface area contributed by atoms with E-state index in [1.54, 1.807) is 12.1 Å². The van der Waals surface area contributed by atoms with Crippen molar-refractivity contribution in [1.82, 2.24) is 0 Å². The molecular weight excluding hydrogens is 292 g/mol. The maximum Gasteiger partial charge on any atom is 0.292 e. The molecule has 5 heteroatoms. The summed E-state index contributed by atoms with van der Waals surface area (Å²) in [7, 11) is 0. The zero-order valence-electron chi connectivity index (χ0n) is 12.1. The smallest absolute Gasteiger partial charge is 0.292 e. The van der Waals surface area contributed by atoms with Gasteiger partial charge in [0, 0.05) is 22.6 Å². The summed E-state index contributed by atoms with van der Waals surface area (Å²) in [5, 5.41) is 12.5. The van der Waals surface area contributed by atoms with Crippen molar-refractivity contribution in [3.8, 4) is 0 Å². The predicted octanol–water partition coefficient (Wildman–Crippen LogP) is 3.47. The van der Waals surface area contributed by atoms with Crippen molar-refractivity contribution in [1.29, 1.82) is 0 Å². The number of carbonyl (C=O) groups is 1. The number of nitro groups is 1. The van der Waals surface area contributed by atoms with Gasteiger partial charge in [-0.05, 0) is 29.0 Å². The number of nitrogen functional groups attached to an aromatic ring is 1. The normalized spacial score (nSPS) is 12.8. The molecule has 3 aromatic rings. The topological polar surface area (TPSA) is 86.2 Å². The van der Waals surface area contributed by atoms with Gasteiger partial charge in [-0.25, -0.2) is 0 Å². The fourth-order valence-corrected chi connectivity index (χ4v) is 3.23. The Kier molecular flexibility index (Phi) is 2.72. The van der Waals surface area contributed by atoms with Crippen LogP contribution < -0.4 is 5.73 Å². The molecule has 0 bridgehead atoms. The highest BCUT2D eigenvalue weighted by Gasteiger charge is 2.26. The van der Waals surface area contributed by atoms with Crippen LogP contribution in [-0.4, -0.2) is 10.7 Å². The molecule has 0 heterocycles. The number of anilines is 1. The number of fused-ring (bicyclic) bond motifs is 4. The molecule has 1 aliphatic carbocycles. The maximum absolute atomic E-state index is 12.9. The molecule has 0 atom stereocenters. The first-order valence-corrected chi connectivity index (χ1v) is 7.18. The van der Waals surface area contributed by atoms with Crippen molar-refractivity contribution >= 4 is 27.9 Å². The minimum Gasteiger partial charge on any atom is -0.393 e. The van der Waals surface area contributed by atoms with Crippen molar-refractivity contribution in [3.63, 3.8) is 0 Å². The fraction of sp³-hybridized carbons (Fsp3) is 0.0556. The lowest BCUT2D eigenvalue weighted by molar-refractivity contribution is -0.383. The largest absolute Gasteiger partial charge is 0.393 e. The summed E-state index contributed by atoms with van der Waals surface area (Å²) in [6, 6.07) is 14.2. The van der Waals surface area contributed by atoms with Gasteiger partial charge in [-0.3, -0.25) is 14.9 Å². The van der Waals surface area contributed by atoms with Crippen LogP contribution in [0, 0.1) is 10.1 Å². The van der Waals surface area contributed by atoms with Crippen LogP contribution in [-0.2, 0) is 6.42 Å². The molecule has 23 heavy (non-hydrogen) atoms. The van der Waals surface area contributed by atoms with Crippen LogP contribution in [0.25, 0.3) is 10.8 Å². The third kappa shape index (κ3) is 1.90. The molecule has 0 spiro atoms. The molecule has 5 nitrogen and oxygen atoms in total. The summed E-state index contributed by atoms with van der Waals surface area (Å²) in [5.74, 6) is -0.0912. The van der Waals surface area contributed by atoms with Gasteiger partial charge in [0.1, 0.15) is 5.69 Å². The number of rotatable bonds is 1. The molecule has 0 unspecified atom stereocenters. The highest BCUT2D eigenvalue weighted by Crippen LogP contribution is 2.36. The van der Waals surface area contributed by atoms with Crippen LogP contribution >= 0.6 is 0 Å². The van der Waals surface area contributed by atoms with Crippen molar-refractivity contribution in [2.45, 2.75) is 6.42 Å². The van der Waals surface area contributed by atoms with Gasteiger partial charge in [-0.15, -0.1) is 0 Å². The average molecular weight is 304 g/mol. The lowest BCUT2D eigenvalue weighted by Gasteiger charge is -2.20. The van der Waals surface area contributed by atoms with Crippen LogP contribution in [0.2, 0.25) is 0 Å². The summed E-state index contributed by atoms with van der Waals surface area (Å²) < 4.78 is 0. The average Bonchev–Trinajstić information content (AvgIpc) is 2.54. The summed E-state index contributed by atoms with van der Waals surface area (Å²) >= 11 is 0. The Bertz CT molecular complexity index is 1010.